The minimum absolute atomic E-state index is 0.115. The van der Waals surface area contributed by atoms with Gasteiger partial charge in [-0.25, -0.2) is 0 Å². The van der Waals surface area contributed by atoms with Crippen LogP contribution in [0.15, 0.2) is 36.4 Å². The van der Waals surface area contributed by atoms with Crippen LogP contribution in [0.2, 0.25) is 5.02 Å². The smallest absolute Gasteiger partial charge is 0.251 e. The van der Waals surface area contributed by atoms with Crippen molar-refractivity contribution < 1.29 is 9.59 Å². The Hall–Kier alpha value is -2.33. The summed E-state index contributed by atoms with van der Waals surface area (Å²) >= 11 is 6.06. The maximum Gasteiger partial charge on any atom is 0.251 e. The predicted molar refractivity (Wildman–Crippen MR) is 93.1 cm³/mol. The van der Waals surface area contributed by atoms with E-state index in [1.54, 1.807) is 24.3 Å². The van der Waals surface area contributed by atoms with Crippen molar-refractivity contribution in [2.75, 3.05) is 11.9 Å². The van der Waals surface area contributed by atoms with Gasteiger partial charge in [0.05, 0.1) is 17.3 Å². The van der Waals surface area contributed by atoms with Crippen molar-refractivity contribution in [1.82, 2.24) is 5.32 Å². The average molecular weight is 331 g/mol. The first kappa shape index (κ1) is 17.0. The minimum Gasteiger partial charge on any atom is -0.343 e. The highest BCUT2D eigenvalue weighted by Crippen LogP contribution is 2.22. The summed E-state index contributed by atoms with van der Waals surface area (Å²) < 4.78 is 0. The van der Waals surface area contributed by atoms with Gasteiger partial charge in [-0.3, -0.25) is 9.59 Å². The highest BCUT2D eigenvalue weighted by atomic mass is 35.5. The lowest BCUT2D eigenvalue weighted by molar-refractivity contribution is -0.115. The first-order chi connectivity index (χ1) is 10.8. The number of anilines is 1. The minimum atomic E-state index is -0.325. The number of rotatable bonds is 4. The van der Waals surface area contributed by atoms with Crippen molar-refractivity contribution in [3.05, 3.63) is 63.7 Å². The molecular weight excluding hydrogens is 312 g/mol. The Balaban J connectivity index is 1.94. The van der Waals surface area contributed by atoms with Gasteiger partial charge in [0, 0.05) is 5.56 Å². The van der Waals surface area contributed by atoms with E-state index in [0.717, 1.165) is 16.7 Å². The molecule has 0 aromatic heterocycles. The van der Waals surface area contributed by atoms with Crippen LogP contribution in [0.1, 0.15) is 27.0 Å². The number of aryl methyl sites for hydroxylation is 3. The highest BCUT2D eigenvalue weighted by Gasteiger charge is 2.10. The molecule has 0 atom stereocenters. The maximum atomic E-state index is 12.1. The summed E-state index contributed by atoms with van der Waals surface area (Å²) in [5.41, 5.74) is 4.10. The number of amides is 2. The van der Waals surface area contributed by atoms with Crippen molar-refractivity contribution in [2.24, 2.45) is 0 Å². The predicted octanol–water partition coefficient (Wildman–Crippen LogP) is 3.63. The number of benzene rings is 2. The van der Waals surface area contributed by atoms with E-state index in [2.05, 4.69) is 10.6 Å². The molecule has 2 N–H and O–H groups in total. The second kappa shape index (κ2) is 7.29. The van der Waals surface area contributed by atoms with Crippen molar-refractivity contribution in [3.63, 3.8) is 0 Å². The van der Waals surface area contributed by atoms with E-state index >= 15 is 0 Å². The third-order valence-corrected chi connectivity index (χ3v) is 3.60. The molecule has 0 spiro atoms. The van der Waals surface area contributed by atoms with Crippen molar-refractivity contribution in [3.8, 4) is 0 Å². The molecule has 0 saturated carbocycles. The second-order valence-electron chi connectivity index (χ2n) is 5.59. The topological polar surface area (TPSA) is 58.2 Å². The van der Waals surface area contributed by atoms with E-state index in [-0.39, 0.29) is 18.4 Å². The van der Waals surface area contributed by atoms with E-state index in [9.17, 15) is 9.59 Å². The molecule has 5 heteroatoms. The van der Waals surface area contributed by atoms with Crippen LogP contribution in [-0.2, 0) is 4.79 Å². The average Bonchev–Trinajstić information content (AvgIpc) is 2.46. The summed E-state index contributed by atoms with van der Waals surface area (Å²) in [5.74, 6) is -0.601. The molecule has 0 fully saturated rings. The van der Waals surface area contributed by atoms with Crippen LogP contribution in [0.4, 0.5) is 5.69 Å². The number of carbonyl (C=O) groups is 2. The number of halogens is 1. The molecule has 4 nitrogen and oxygen atoms in total. The van der Waals surface area contributed by atoms with Crippen LogP contribution in [0.5, 0.6) is 0 Å². The van der Waals surface area contributed by atoms with E-state index in [0.29, 0.717) is 16.3 Å². The van der Waals surface area contributed by atoms with Gasteiger partial charge in [0.1, 0.15) is 0 Å². The normalized spacial score (nSPS) is 10.3. The van der Waals surface area contributed by atoms with Gasteiger partial charge in [0.2, 0.25) is 5.91 Å². The molecule has 0 aliphatic carbocycles. The summed E-state index contributed by atoms with van der Waals surface area (Å²) in [6.45, 7) is 5.66. The van der Waals surface area contributed by atoms with Gasteiger partial charge < -0.3 is 10.6 Å². The molecule has 0 aliphatic heterocycles. The number of nitrogens with one attached hydrogen (secondary N) is 2. The zero-order valence-electron chi connectivity index (χ0n) is 13.4. The van der Waals surface area contributed by atoms with Crippen LogP contribution in [0.3, 0.4) is 0 Å². The largest absolute Gasteiger partial charge is 0.343 e. The summed E-state index contributed by atoms with van der Waals surface area (Å²) in [4.78, 5) is 24.0. The van der Waals surface area contributed by atoms with Gasteiger partial charge in [-0.15, -0.1) is 0 Å². The van der Waals surface area contributed by atoms with Crippen LogP contribution in [0.25, 0.3) is 0 Å². The Bertz CT molecular complexity index is 736. The van der Waals surface area contributed by atoms with Crippen molar-refractivity contribution in [2.45, 2.75) is 20.8 Å². The highest BCUT2D eigenvalue weighted by molar-refractivity contribution is 6.33. The monoisotopic (exact) mass is 330 g/mol. The zero-order valence-corrected chi connectivity index (χ0v) is 14.1. The lowest BCUT2D eigenvalue weighted by atomic mass is 10.1. The zero-order chi connectivity index (χ0) is 17.0. The quantitative estimate of drug-likeness (QED) is 0.899. The Morgan fingerprint density at radius 3 is 2.22 bits per heavy atom. The molecule has 0 saturated heterocycles. The van der Waals surface area contributed by atoms with Crippen LogP contribution < -0.4 is 10.6 Å². The summed E-state index contributed by atoms with van der Waals surface area (Å²) in [6.07, 6.45) is 0. The summed E-state index contributed by atoms with van der Waals surface area (Å²) in [5, 5.41) is 5.76. The molecule has 2 amide bonds. The molecule has 2 aromatic carbocycles. The van der Waals surface area contributed by atoms with Gasteiger partial charge in [-0.1, -0.05) is 34.9 Å². The molecule has 0 radical (unpaired) electrons. The summed E-state index contributed by atoms with van der Waals surface area (Å²) in [7, 11) is 0. The van der Waals surface area contributed by atoms with E-state index in [1.165, 1.54) is 0 Å². The Morgan fingerprint density at radius 1 is 0.957 bits per heavy atom. The van der Waals surface area contributed by atoms with E-state index in [1.807, 2.05) is 32.9 Å². The van der Waals surface area contributed by atoms with Crippen LogP contribution in [0, 0.1) is 20.8 Å². The Labute approximate surface area is 140 Å². The molecule has 23 heavy (non-hydrogen) atoms. The lowest BCUT2D eigenvalue weighted by Gasteiger charge is -2.09. The first-order valence-electron chi connectivity index (χ1n) is 7.27. The third-order valence-electron chi connectivity index (χ3n) is 3.29. The number of hydrogen-bond acceptors (Lipinski definition) is 2. The first-order valence-corrected chi connectivity index (χ1v) is 7.65. The summed E-state index contributed by atoms with van der Waals surface area (Å²) in [6, 6.07) is 10.9. The van der Waals surface area contributed by atoms with Gasteiger partial charge in [0.15, 0.2) is 0 Å². The fourth-order valence-electron chi connectivity index (χ4n) is 2.28. The molecule has 0 aliphatic rings. The van der Waals surface area contributed by atoms with Gasteiger partial charge in [-0.05, 0) is 50.6 Å². The third kappa shape index (κ3) is 4.83. The van der Waals surface area contributed by atoms with Gasteiger partial charge in [0.25, 0.3) is 5.91 Å². The number of carbonyl (C=O) groups excluding carboxylic acids is 2. The van der Waals surface area contributed by atoms with Crippen molar-refractivity contribution >= 4 is 29.1 Å². The van der Waals surface area contributed by atoms with E-state index in [4.69, 9.17) is 11.6 Å². The second-order valence-corrected chi connectivity index (χ2v) is 6.00. The SMILES string of the molecule is Cc1cc(C)cc(C(=O)NCC(=O)Nc2ccc(C)cc2Cl)c1. The number of hydrogen-bond donors (Lipinski definition) is 2. The molecular formula is C18H19ClN2O2. The fraction of sp³-hybridized carbons (Fsp3) is 0.222. The maximum absolute atomic E-state index is 12.1. The molecule has 0 heterocycles. The lowest BCUT2D eigenvalue weighted by Crippen LogP contribution is -2.33. The van der Waals surface area contributed by atoms with Gasteiger partial charge >= 0.3 is 0 Å². The standard InChI is InChI=1S/C18H19ClN2O2/c1-11-4-5-16(15(19)9-11)21-17(22)10-20-18(23)14-7-12(2)6-13(3)8-14/h4-9H,10H2,1-3H3,(H,20,23)(H,21,22). The molecule has 0 bridgehead atoms. The van der Waals surface area contributed by atoms with E-state index < -0.39 is 0 Å². The van der Waals surface area contributed by atoms with Crippen LogP contribution >= 0.6 is 11.6 Å². The molecule has 2 aromatic rings. The molecule has 2 rings (SSSR count). The molecule has 0 unspecified atom stereocenters. The Kier molecular flexibility index (Phi) is 5.40. The van der Waals surface area contributed by atoms with Crippen molar-refractivity contribution in [1.29, 1.82) is 0 Å². The van der Waals surface area contributed by atoms with Gasteiger partial charge in [-0.2, -0.15) is 0 Å². The Morgan fingerprint density at radius 2 is 1.61 bits per heavy atom. The fourth-order valence-corrected chi connectivity index (χ4v) is 2.57. The van der Waals surface area contributed by atoms with Crippen LogP contribution in [-0.4, -0.2) is 18.4 Å². The molecule has 120 valence electrons.